The van der Waals surface area contributed by atoms with Gasteiger partial charge >= 0.3 is 6.01 Å². The Labute approximate surface area is 148 Å². The van der Waals surface area contributed by atoms with E-state index in [2.05, 4.69) is 27.0 Å². The Kier molecular flexibility index (Phi) is 6.01. The second-order valence-electron chi connectivity index (χ2n) is 6.63. The summed E-state index contributed by atoms with van der Waals surface area (Å²) in [6, 6.07) is 10.3. The van der Waals surface area contributed by atoms with Gasteiger partial charge in [0.2, 0.25) is 5.82 Å². The normalized spacial score (nSPS) is 20.6. The van der Waals surface area contributed by atoms with E-state index in [1.807, 2.05) is 30.3 Å². The first-order valence-corrected chi connectivity index (χ1v) is 8.63. The standard InChI is InChI=1S/C18H26N4O3/c1-21(8-9-24-2)10-15-11-22(12-16(15)13-23)18-19-17(20-25-18)14-6-4-3-5-7-14/h3-7,15-16,23H,8-13H2,1-2H3/t15-,16-/m1/s1. The fraction of sp³-hybridized carbons (Fsp3) is 0.556. The molecule has 7 heteroatoms. The molecule has 0 bridgehead atoms. The van der Waals surface area contributed by atoms with E-state index in [-0.39, 0.29) is 12.5 Å². The number of methoxy groups -OCH3 is 1. The number of aliphatic hydroxyl groups is 1. The largest absolute Gasteiger partial charge is 0.396 e. The summed E-state index contributed by atoms with van der Waals surface area (Å²) in [6.07, 6.45) is 0. The summed E-state index contributed by atoms with van der Waals surface area (Å²) in [5.41, 5.74) is 0.936. The number of nitrogens with zero attached hydrogens (tertiary/aromatic N) is 4. The van der Waals surface area contributed by atoms with Crippen molar-refractivity contribution in [1.29, 1.82) is 0 Å². The first kappa shape index (κ1) is 17.8. The third kappa shape index (κ3) is 4.36. The van der Waals surface area contributed by atoms with Crippen molar-refractivity contribution in [3.8, 4) is 11.4 Å². The fourth-order valence-corrected chi connectivity index (χ4v) is 3.30. The smallest absolute Gasteiger partial charge is 0.324 e. The summed E-state index contributed by atoms with van der Waals surface area (Å²) in [4.78, 5) is 8.85. The molecule has 2 atom stereocenters. The summed E-state index contributed by atoms with van der Waals surface area (Å²) in [5, 5.41) is 13.8. The predicted octanol–water partition coefficient (Wildman–Crippen LogP) is 1.36. The van der Waals surface area contributed by atoms with E-state index in [0.717, 1.165) is 31.7 Å². The highest BCUT2D eigenvalue weighted by atomic mass is 16.5. The van der Waals surface area contributed by atoms with E-state index in [1.54, 1.807) is 7.11 Å². The van der Waals surface area contributed by atoms with Crippen LogP contribution in [0.2, 0.25) is 0 Å². The molecule has 2 aromatic rings. The quantitative estimate of drug-likeness (QED) is 0.773. The summed E-state index contributed by atoms with van der Waals surface area (Å²) in [6.45, 7) is 4.20. The lowest BCUT2D eigenvalue weighted by Gasteiger charge is -2.23. The van der Waals surface area contributed by atoms with Crippen molar-refractivity contribution in [2.24, 2.45) is 11.8 Å². The molecule has 0 aliphatic carbocycles. The highest BCUT2D eigenvalue weighted by molar-refractivity contribution is 5.55. The van der Waals surface area contributed by atoms with E-state index in [1.165, 1.54) is 0 Å². The van der Waals surface area contributed by atoms with Crippen LogP contribution in [0.1, 0.15) is 0 Å². The van der Waals surface area contributed by atoms with Gasteiger partial charge in [-0.05, 0) is 13.0 Å². The molecule has 25 heavy (non-hydrogen) atoms. The van der Waals surface area contributed by atoms with E-state index < -0.39 is 0 Å². The van der Waals surface area contributed by atoms with Gasteiger partial charge in [-0.2, -0.15) is 4.98 Å². The number of anilines is 1. The second kappa shape index (κ2) is 8.42. The molecule has 0 saturated carbocycles. The van der Waals surface area contributed by atoms with E-state index >= 15 is 0 Å². The van der Waals surface area contributed by atoms with Gasteiger partial charge in [-0.3, -0.25) is 0 Å². The average molecular weight is 346 g/mol. The molecule has 3 rings (SSSR count). The summed E-state index contributed by atoms with van der Waals surface area (Å²) in [7, 11) is 3.79. The van der Waals surface area contributed by atoms with Gasteiger partial charge in [0.25, 0.3) is 0 Å². The second-order valence-corrected chi connectivity index (χ2v) is 6.63. The van der Waals surface area contributed by atoms with Crippen LogP contribution in [0.5, 0.6) is 0 Å². The van der Waals surface area contributed by atoms with Crippen LogP contribution in [0.15, 0.2) is 34.9 Å². The Morgan fingerprint density at radius 2 is 2.04 bits per heavy atom. The average Bonchev–Trinajstić information content (AvgIpc) is 3.27. The monoisotopic (exact) mass is 346 g/mol. The Morgan fingerprint density at radius 3 is 2.76 bits per heavy atom. The molecule has 0 radical (unpaired) electrons. The summed E-state index contributed by atoms with van der Waals surface area (Å²) in [5.74, 6) is 1.16. The van der Waals surface area contributed by atoms with Crippen LogP contribution >= 0.6 is 0 Å². The maximum atomic E-state index is 9.74. The minimum Gasteiger partial charge on any atom is -0.396 e. The molecule has 7 nitrogen and oxygen atoms in total. The minimum absolute atomic E-state index is 0.166. The number of hydrogen-bond acceptors (Lipinski definition) is 7. The van der Waals surface area contributed by atoms with Crippen LogP contribution in [0, 0.1) is 11.8 Å². The molecular weight excluding hydrogens is 320 g/mol. The molecule has 1 fully saturated rings. The number of aromatic nitrogens is 2. The van der Waals surface area contributed by atoms with E-state index in [9.17, 15) is 5.11 Å². The fourth-order valence-electron chi connectivity index (χ4n) is 3.30. The number of rotatable bonds is 8. The van der Waals surface area contributed by atoms with Crippen molar-refractivity contribution in [3.63, 3.8) is 0 Å². The highest BCUT2D eigenvalue weighted by Gasteiger charge is 2.35. The molecule has 0 unspecified atom stereocenters. The van der Waals surface area contributed by atoms with Gasteiger partial charge in [-0.15, -0.1) is 0 Å². The summed E-state index contributed by atoms with van der Waals surface area (Å²) >= 11 is 0. The maximum Gasteiger partial charge on any atom is 0.324 e. The van der Waals surface area contributed by atoms with Crippen molar-refractivity contribution in [3.05, 3.63) is 30.3 Å². The number of hydrogen-bond donors (Lipinski definition) is 1. The summed E-state index contributed by atoms with van der Waals surface area (Å²) < 4.78 is 10.6. The molecule has 0 spiro atoms. The number of benzene rings is 1. The zero-order chi connectivity index (χ0) is 17.6. The topological polar surface area (TPSA) is 74.9 Å². The van der Waals surface area contributed by atoms with Crippen LogP contribution < -0.4 is 4.90 Å². The third-order valence-electron chi connectivity index (χ3n) is 4.75. The Bertz CT molecular complexity index is 649. The molecule has 1 saturated heterocycles. The predicted molar refractivity (Wildman–Crippen MR) is 95.4 cm³/mol. The van der Waals surface area contributed by atoms with Crippen LogP contribution in [0.3, 0.4) is 0 Å². The molecule has 1 N–H and O–H groups in total. The maximum absolute atomic E-state index is 9.74. The Morgan fingerprint density at radius 1 is 1.28 bits per heavy atom. The van der Waals surface area contributed by atoms with Crippen LogP contribution in [-0.4, -0.2) is 73.7 Å². The molecule has 0 amide bonds. The Balaban J connectivity index is 1.65. The van der Waals surface area contributed by atoms with Crippen LogP contribution in [-0.2, 0) is 4.74 Å². The number of likely N-dealkylation sites (N-methyl/N-ethyl adjacent to an activating group) is 1. The number of aliphatic hydroxyl groups excluding tert-OH is 1. The van der Waals surface area contributed by atoms with Crippen molar-refractivity contribution < 1.29 is 14.4 Å². The zero-order valence-corrected chi connectivity index (χ0v) is 14.8. The van der Waals surface area contributed by atoms with Gasteiger partial charge in [0.1, 0.15) is 0 Å². The Hall–Kier alpha value is -1.96. The van der Waals surface area contributed by atoms with Gasteiger partial charge in [-0.1, -0.05) is 35.5 Å². The van der Waals surface area contributed by atoms with E-state index in [0.29, 0.717) is 24.4 Å². The minimum atomic E-state index is 0.166. The molecule has 2 heterocycles. The van der Waals surface area contributed by atoms with Crippen molar-refractivity contribution in [1.82, 2.24) is 15.0 Å². The van der Waals surface area contributed by atoms with Crippen LogP contribution in [0.25, 0.3) is 11.4 Å². The van der Waals surface area contributed by atoms with E-state index in [4.69, 9.17) is 9.26 Å². The lowest BCUT2D eigenvalue weighted by molar-refractivity contribution is 0.136. The van der Waals surface area contributed by atoms with Gasteiger partial charge in [-0.25, -0.2) is 0 Å². The molecule has 136 valence electrons. The van der Waals surface area contributed by atoms with Gasteiger partial charge in [0.15, 0.2) is 0 Å². The lowest BCUT2D eigenvalue weighted by atomic mass is 9.96. The molecule has 1 aliphatic rings. The lowest BCUT2D eigenvalue weighted by Crippen LogP contribution is -2.33. The van der Waals surface area contributed by atoms with Gasteiger partial charge < -0.3 is 24.2 Å². The van der Waals surface area contributed by atoms with Crippen molar-refractivity contribution >= 4 is 6.01 Å². The third-order valence-corrected chi connectivity index (χ3v) is 4.75. The van der Waals surface area contributed by atoms with Gasteiger partial charge in [0, 0.05) is 51.4 Å². The van der Waals surface area contributed by atoms with Gasteiger partial charge in [0.05, 0.1) is 6.61 Å². The molecule has 1 aromatic heterocycles. The van der Waals surface area contributed by atoms with Crippen molar-refractivity contribution in [2.45, 2.75) is 0 Å². The molecule has 1 aliphatic heterocycles. The zero-order valence-electron chi connectivity index (χ0n) is 14.8. The molecular formula is C18H26N4O3. The highest BCUT2D eigenvalue weighted by Crippen LogP contribution is 2.29. The van der Waals surface area contributed by atoms with Crippen molar-refractivity contribution in [2.75, 3.05) is 58.5 Å². The van der Waals surface area contributed by atoms with Crippen LogP contribution in [0.4, 0.5) is 6.01 Å². The SMILES string of the molecule is COCCN(C)C[C@@H]1CN(c2nc(-c3ccccc3)no2)C[C@@H]1CO. The first-order chi connectivity index (χ1) is 12.2. The number of ether oxygens (including phenoxy) is 1. The first-order valence-electron chi connectivity index (χ1n) is 8.63. The molecule has 1 aromatic carbocycles.